The second-order valence-electron chi connectivity index (χ2n) is 12.9. The number of fused-ring (bicyclic) bond motifs is 2. The number of aromatic amines is 1. The first-order valence-electron chi connectivity index (χ1n) is 14.5. The number of halogens is 1. The number of pyridine rings is 2. The van der Waals surface area contributed by atoms with Gasteiger partial charge in [-0.2, -0.15) is 0 Å². The number of benzene rings is 1. The quantitative estimate of drug-likeness (QED) is 0.204. The van der Waals surface area contributed by atoms with Gasteiger partial charge >= 0.3 is 5.69 Å². The Morgan fingerprint density at radius 1 is 1.02 bits per heavy atom. The van der Waals surface area contributed by atoms with Crippen LogP contribution < -0.4 is 5.69 Å². The first kappa shape index (κ1) is 27.9. The van der Waals surface area contributed by atoms with Crippen molar-refractivity contribution in [3.8, 4) is 16.8 Å². The zero-order valence-corrected chi connectivity index (χ0v) is 26.2. The second-order valence-corrected chi connectivity index (χ2v) is 18.1. The Hall–Kier alpha value is -3.20. The number of aromatic nitrogens is 5. The van der Waals surface area contributed by atoms with Crippen LogP contribution in [-0.2, 0) is 11.0 Å². The van der Waals surface area contributed by atoms with Gasteiger partial charge in [-0.05, 0) is 74.0 Å². The standard InChI is InChI=1S/C32H38ClN5O2Si/c1-32(2,3)41(4,5)40-25-13-11-21(12-14-25)20-37-28-16-23(22-15-26-27(33)19-35-29(26)34-17-22)18-36-30(28)38(31(37)39)24-9-7-6-8-10-24/h6-10,15-19,21,25H,11-14,20H2,1-5H3,(H,34,35). The maximum absolute atomic E-state index is 14.0. The molecule has 0 atom stereocenters. The first-order valence-corrected chi connectivity index (χ1v) is 17.8. The predicted molar refractivity (Wildman–Crippen MR) is 169 cm³/mol. The molecule has 1 saturated carbocycles. The molecule has 1 aliphatic rings. The summed E-state index contributed by atoms with van der Waals surface area (Å²) in [5, 5.41) is 1.69. The third kappa shape index (κ3) is 5.29. The van der Waals surface area contributed by atoms with Crippen molar-refractivity contribution in [2.24, 2.45) is 5.92 Å². The number of hydrogen-bond donors (Lipinski definition) is 1. The summed E-state index contributed by atoms with van der Waals surface area (Å²) in [6.07, 6.45) is 9.86. The highest BCUT2D eigenvalue weighted by molar-refractivity contribution is 6.74. The predicted octanol–water partition coefficient (Wildman–Crippen LogP) is 7.96. The van der Waals surface area contributed by atoms with Crippen molar-refractivity contribution in [3.63, 3.8) is 0 Å². The molecular formula is C32H38ClN5O2Si. The van der Waals surface area contributed by atoms with Gasteiger partial charge in [0, 0.05) is 47.8 Å². The van der Waals surface area contributed by atoms with E-state index in [1.165, 1.54) is 0 Å². The van der Waals surface area contributed by atoms with Crippen LogP contribution in [0.5, 0.6) is 0 Å². The van der Waals surface area contributed by atoms with Crippen LogP contribution in [0.3, 0.4) is 0 Å². The van der Waals surface area contributed by atoms with E-state index in [1.54, 1.807) is 10.8 Å². The van der Waals surface area contributed by atoms with Gasteiger partial charge in [0.1, 0.15) is 5.65 Å². The van der Waals surface area contributed by atoms with Crippen LogP contribution in [0.4, 0.5) is 0 Å². The number of imidazole rings is 1. The van der Waals surface area contributed by atoms with E-state index in [-0.39, 0.29) is 10.7 Å². The van der Waals surface area contributed by atoms with Crippen LogP contribution in [0.1, 0.15) is 46.5 Å². The molecule has 7 nitrogen and oxygen atoms in total. The zero-order chi connectivity index (χ0) is 28.9. The van der Waals surface area contributed by atoms with Gasteiger partial charge in [0.15, 0.2) is 14.0 Å². The van der Waals surface area contributed by atoms with Crippen molar-refractivity contribution in [2.75, 3.05) is 0 Å². The molecule has 4 heterocycles. The van der Waals surface area contributed by atoms with Crippen molar-refractivity contribution in [1.82, 2.24) is 24.1 Å². The van der Waals surface area contributed by atoms with Gasteiger partial charge in [-0.1, -0.05) is 50.6 Å². The van der Waals surface area contributed by atoms with E-state index in [2.05, 4.69) is 49.9 Å². The van der Waals surface area contributed by atoms with E-state index in [4.69, 9.17) is 21.0 Å². The molecule has 0 amide bonds. The van der Waals surface area contributed by atoms with E-state index in [0.29, 0.717) is 29.2 Å². The summed E-state index contributed by atoms with van der Waals surface area (Å²) in [4.78, 5) is 26.5. The molecule has 0 spiro atoms. The lowest BCUT2D eigenvalue weighted by molar-refractivity contribution is 0.112. The molecule has 0 aliphatic heterocycles. The van der Waals surface area contributed by atoms with Crippen LogP contribution in [0.2, 0.25) is 23.2 Å². The van der Waals surface area contributed by atoms with Crippen molar-refractivity contribution >= 4 is 42.1 Å². The van der Waals surface area contributed by atoms with Crippen LogP contribution in [0, 0.1) is 5.92 Å². The fourth-order valence-electron chi connectivity index (χ4n) is 5.69. The lowest BCUT2D eigenvalue weighted by Gasteiger charge is -2.41. The van der Waals surface area contributed by atoms with Crippen molar-refractivity contribution in [2.45, 2.75) is 77.2 Å². The summed E-state index contributed by atoms with van der Waals surface area (Å²) < 4.78 is 10.4. The number of hydrogen-bond acceptors (Lipinski definition) is 4. The lowest BCUT2D eigenvalue weighted by Crippen LogP contribution is -2.44. The molecule has 0 unspecified atom stereocenters. The summed E-state index contributed by atoms with van der Waals surface area (Å²) in [6.45, 7) is 12.2. The third-order valence-corrected chi connectivity index (χ3v) is 14.0. The SMILES string of the molecule is CC(C)(C)[Si](C)(C)OC1CCC(Cn2c(=O)n(-c3ccccc3)c3ncc(-c4cnc5[nH]cc(Cl)c5c4)cc32)CC1. The molecule has 1 aromatic carbocycles. The summed E-state index contributed by atoms with van der Waals surface area (Å²) in [6, 6.07) is 13.8. The molecular weight excluding hydrogens is 550 g/mol. The van der Waals surface area contributed by atoms with Gasteiger partial charge in [-0.15, -0.1) is 0 Å². The zero-order valence-electron chi connectivity index (χ0n) is 24.4. The van der Waals surface area contributed by atoms with Crippen molar-refractivity contribution in [3.05, 3.63) is 76.6 Å². The van der Waals surface area contributed by atoms with E-state index in [9.17, 15) is 4.79 Å². The maximum Gasteiger partial charge on any atom is 0.334 e. The van der Waals surface area contributed by atoms with Crippen molar-refractivity contribution < 1.29 is 4.43 Å². The average molecular weight is 588 g/mol. The minimum Gasteiger partial charge on any atom is -0.414 e. The minimum atomic E-state index is -1.80. The average Bonchev–Trinajstić information content (AvgIpc) is 3.45. The highest BCUT2D eigenvalue weighted by Gasteiger charge is 2.40. The summed E-state index contributed by atoms with van der Waals surface area (Å²) >= 11 is 6.38. The molecule has 9 heteroatoms. The number of nitrogens with zero attached hydrogens (tertiary/aromatic N) is 4. The van der Waals surface area contributed by atoms with Crippen LogP contribution in [0.15, 0.2) is 65.8 Å². The fourth-order valence-corrected chi connectivity index (χ4v) is 7.31. The van der Waals surface area contributed by atoms with E-state index in [0.717, 1.165) is 59.0 Å². The van der Waals surface area contributed by atoms with Crippen LogP contribution in [-0.4, -0.2) is 38.5 Å². The van der Waals surface area contributed by atoms with Crippen LogP contribution >= 0.6 is 11.6 Å². The topological polar surface area (TPSA) is 77.7 Å². The molecule has 1 N–H and O–H groups in total. The Balaban J connectivity index is 1.34. The summed E-state index contributed by atoms with van der Waals surface area (Å²) in [5.74, 6) is 0.405. The Morgan fingerprint density at radius 3 is 2.41 bits per heavy atom. The molecule has 1 fully saturated rings. The Morgan fingerprint density at radius 2 is 1.71 bits per heavy atom. The van der Waals surface area contributed by atoms with Gasteiger partial charge in [-0.3, -0.25) is 4.57 Å². The van der Waals surface area contributed by atoms with Gasteiger partial charge in [0.05, 0.1) is 16.2 Å². The molecule has 5 aromatic rings. The number of H-pyrrole nitrogens is 1. The van der Waals surface area contributed by atoms with Crippen LogP contribution in [0.25, 0.3) is 39.0 Å². The molecule has 41 heavy (non-hydrogen) atoms. The summed E-state index contributed by atoms with van der Waals surface area (Å²) in [7, 11) is -1.80. The molecule has 6 rings (SSSR count). The maximum atomic E-state index is 14.0. The van der Waals surface area contributed by atoms with Gasteiger partial charge in [0.25, 0.3) is 0 Å². The lowest BCUT2D eigenvalue weighted by atomic mass is 9.87. The monoisotopic (exact) mass is 587 g/mol. The van der Waals surface area contributed by atoms with Gasteiger partial charge in [0.2, 0.25) is 0 Å². The van der Waals surface area contributed by atoms with E-state index in [1.807, 2.05) is 53.4 Å². The highest BCUT2D eigenvalue weighted by atomic mass is 35.5. The summed E-state index contributed by atoms with van der Waals surface area (Å²) in [5.41, 5.74) is 4.80. The first-order chi connectivity index (χ1) is 19.5. The molecule has 4 aromatic heterocycles. The molecule has 0 bridgehead atoms. The normalized spacial score (nSPS) is 18.4. The Labute approximate surface area is 246 Å². The number of nitrogens with one attached hydrogen (secondary N) is 1. The highest BCUT2D eigenvalue weighted by Crippen LogP contribution is 2.40. The second kappa shape index (κ2) is 10.6. The van der Waals surface area contributed by atoms with E-state index < -0.39 is 8.32 Å². The Kier molecular flexibility index (Phi) is 7.20. The van der Waals surface area contributed by atoms with Gasteiger partial charge in [-0.25, -0.2) is 19.3 Å². The molecule has 214 valence electrons. The minimum absolute atomic E-state index is 0.0576. The third-order valence-electron chi connectivity index (χ3n) is 9.10. The molecule has 1 aliphatic carbocycles. The number of rotatable bonds is 6. The number of para-hydroxylation sites is 1. The van der Waals surface area contributed by atoms with E-state index >= 15 is 0 Å². The Bertz CT molecular complexity index is 1760. The molecule has 0 radical (unpaired) electrons. The fraction of sp³-hybridized carbons (Fsp3) is 0.406. The smallest absolute Gasteiger partial charge is 0.334 e. The largest absolute Gasteiger partial charge is 0.414 e. The van der Waals surface area contributed by atoms with Gasteiger partial charge < -0.3 is 9.41 Å². The van der Waals surface area contributed by atoms with Crippen molar-refractivity contribution in [1.29, 1.82) is 0 Å². The molecule has 0 saturated heterocycles.